The van der Waals surface area contributed by atoms with Gasteiger partial charge in [0, 0.05) is 0 Å². The van der Waals surface area contributed by atoms with Gasteiger partial charge in [-0.15, -0.1) is 0 Å². The molecule has 0 saturated carbocycles. The minimum Gasteiger partial charge on any atom is -0.253 e. The zero-order valence-electron chi connectivity index (χ0n) is 4.32. The van der Waals surface area contributed by atoms with Gasteiger partial charge in [-0.1, -0.05) is 0 Å². The Kier molecular flexibility index (Phi) is 1.61. The van der Waals surface area contributed by atoms with Gasteiger partial charge in [-0.05, 0) is 0 Å². The van der Waals surface area contributed by atoms with Crippen LogP contribution in [0.3, 0.4) is 0 Å². The molecule has 54 valence electrons. The Morgan fingerprint density at radius 1 is 0.778 bits per heavy atom. The van der Waals surface area contributed by atoms with E-state index in [1.54, 1.807) is 0 Å². The molecular formula is C4H5F4N. The maximum atomic E-state index is 11.9. The maximum Gasteiger partial charge on any atom is 0.187 e. The minimum absolute atomic E-state index is 1.43. The first-order valence-electron chi connectivity index (χ1n) is 2.45. The van der Waals surface area contributed by atoms with Crippen molar-refractivity contribution < 1.29 is 17.6 Å². The van der Waals surface area contributed by atoms with Crippen LogP contribution in [0.4, 0.5) is 17.6 Å². The highest BCUT2D eigenvalue weighted by atomic mass is 19.2. The molecule has 1 aliphatic rings. The molecule has 4 unspecified atom stereocenters. The zero-order valence-corrected chi connectivity index (χ0v) is 4.32. The van der Waals surface area contributed by atoms with Crippen molar-refractivity contribution in [3.8, 4) is 0 Å². The quantitative estimate of drug-likeness (QED) is 0.391. The van der Waals surface area contributed by atoms with Gasteiger partial charge < -0.3 is 0 Å². The molecular weight excluding hydrogens is 138 g/mol. The van der Waals surface area contributed by atoms with E-state index in [0.717, 1.165) is 0 Å². The number of nitrogens with one attached hydrogen (secondary N) is 1. The second kappa shape index (κ2) is 2.13. The number of rotatable bonds is 0. The summed E-state index contributed by atoms with van der Waals surface area (Å²) in [6, 6.07) is 0. The average Bonchev–Trinajstić information content (AvgIpc) is 1.98. The largest absolute Gasteiger partial charge is 0.253 e. The molecule has 9 heavy (non-hydrogen) atoms. The van der Waals surface area contributed by atoms with Gasteiger partial charge in [-0.3, -0.25) is 5.32 Å². The lowest BCUT2D eigenvalue weighted by Crippen LogP contribution is -2.25. The fourth-order valence-electron chi connectivity index (χ4n) is 0.659. The van der Waals surface area contributed by atoms with Gasteiger partial charge >= 0.3 is 0 Å². The Labute approximate surface area is 49.0 Å². The molecule has 0 spiro atoms. The Morgan fingerprint density at radius 2 is 1.11 bits per heavy atom. The van der Waals surface area contributed by atoms with Gasteiger partial charge in [0.05, 0.1) is 0 Å². The van der Waals surface area contributed by atoms with Crippen molar-refractivity contribution in [1.29, 1.82) is 0 Å². The minimum atomic E-state index is -2.36. The summed E-state index contributed by atoms with van der Waals surface area (Å²) in [5, 5.41) is 1.43. The molecule has 1 heterocycles. The summed E-state index contributed by atoms with van der Waals surface area (Å²) in [6.07, 6.45) is -9.12. The lowest BCUT2D eigenvalue weighted by atomic mass is 10.3. The average molecular weight is 143 g/mol. The van der Waals surface area contributed by atoms with Crippen molar-refractivity contribution in [3.63, 3.8) is 0 Å². The van der Waals surface area contributed by atoms with Crippen LogP contribution >= 0.6 is 0 Å². The van der Waals surface area contributed by atoms with E-state index in [0.29, 0.717) is 0 Å². The number of halogens is 4. The molecule has 0 aromatic carbocycles. The number of hydrogen-bond donors (Lipinski definition) is 1. The molecule has 5 heteroatoms. The van der Waals surface area contributed by atoms with E-state index < -0.39 is 24.9 Å². The van der Waals surface area contributed by atoms with Crippen LogP contribution in [0.1, 0.15) is 0 Å². The number of hydrogen-bond acceptors (Lipinski definition) is 1. The first kappa shape index (κ1) is 6.80. The molecule has 1 N–H and O–H groups in total. The van der Waals surface area contributed by atoms with Gasteiger partial charge in [0.2, 0.25) is 0 Å². The Morgan fingerprint density at radius 3 is 1.22 bits per heavy atom. The summed E-state index contributed by atoms with van der Waals surface area (Å²) in [6.45, 7) is 0. The number of alkyl halides is 4. The molecule has 1 nitrogen and oxygen atoms in total. The van der Waals surface area contributed by atoms with Crippen LogP contribution in [-0.4, -0.2) is 24.9 Å². The lowest BCUT2D eigenvalue weighted by Gasteiger charge is -2.00. The van der Waals surface area contributed by atoms with Crippen molar-refractivity contribution in [2.24, 2.45) is 0 Å². The summed E-state index contributed by atoms with van der Waals surface area (Å²) < 4.78 is 47.5. The molecule has 0 aromatic heterocycles. The smallest absolute Gasteiger partial charge is 0.187 e. The SMILES string of the molecule is FC1NC(F)C(F)C1F. The molecule has 4 atom stereocenters. The second-order valence-corrected chi connectivity index (χ2v) is 1.86. The van der Waals surface area contributed by atoms with Gasteiger partial charge in [0.25, 0.3) is 0 Å². The summed E-state index contributed by atoms with van der Waals surface area (Å²) in [4.78, 5) is 0. The molecule has 0 aromatic rings. The standard InChI is InChI=1S/C4H5F4N/c5-1-2(6)4(8)9-3(1)7/h1-4,9H. The highest BCUT2D eigenvalue weighted by Gasteiger charge is 2.44. The Balaban J connectivity index is 2.54. The van der Waals surface area contributed by atoms with E-state index >= 15 is 0 Å². The summed E-state index contributed by atoms with van der Waals surface area (Å²) in [7, 11) is 0. The predicted octanol–water partition coefficient (Wildman–Crippen LogP) is 0.857. The van der Waals surface area contributed by atoms with Gasteiger partial charge in [0.1, 0.15) is 0 Å². The molecule has 1 saturated heterocycles. The normalized spacial score (nSPS) is 52.0. The third kappa shape index (κ3) is 1.01. The third-order valence-electron chi connectivity index (χ3n) is 1.18. The van der Waals surface area contributed by atoms with Crippen molar-refractivity contribution in [2.45, 2.75) is 24.9 Å². The second-order valence-electron chi connectivity index (χ2n) is 1.86. The first-order chi connectivity index (χ1) is 4.13. The molecule has 1 aliphatic heterocycles. The van der Waals surface area contributed by atoms with Gasteiger partial charge in [0.15, 0.2) is 24.9 Å². The third-order valence-corrected chi connectivity index (χ3v) is 1.18. The van der Waals surface area contributed by atoms with E-state index in [1.165, 1.54) is 5.32 Å². The van der Waals surface area contributed by atoms with E-state index in [1.807, 2.05) is 0 Å². The van der Waals surface area contributed by atoms with Gasteiger partial charge in [-0.25, -0.2) is 17.6 Å². The van der Waals surface area contributed by atoms with Crippen molar-refractivity contribution >= 4 is 0 Å². The molecule has 1 fully saturated rings. The van der Waals surface area contributed by atoms with Crippen molar-refractivity contribution in [2.75, 3.05) is 0 Å². The molecule has 1 rings (SSSR count). The molecule has 0 bridgehead atoms. The van der Waals surface area contributed by atoms with Crippen LogP contribution in [0.2, 0.25) is 0 Å². The van der Waals surface area contributed by atoms with Crippen molar-refractivity contribution in [3.05, 3.63) is 0 Å². The van der Waals surface area contributed by atoms with E-state index in [2.05, 4.69) is 0 Å². The predicted molar refractivity (Wildman–Crippen MR) is 22.7 cm³/mol. The van der Waals surface area contributed by atoms with Crippen LogP contribution in [0.15, 0.2) is 0 Å². The van der Waals surface area contributed by atoms with Crippen LogP contribution < -0.4 is 5.32 Å². The molecule has 0 aliphatic carbocycles. The van der Waals surface area contributed by atoms with Crippen molar-refractivity contribution in [1.82, 2.24) is 5.32 Å². The lowest BCUT2D eigenvalue weighted by molar-refractivity contribution is 0.111. The van der Waals surface area contributed by atoms with E-state index in [4.69, 9.17) is 0 Å². The van der Waals surface area contributed by atoms with Gasteiger partial charge in [-0.2, -0.15) is 0 Å². The van der Waals surface area contributed by atoms with Crippen LogP contribution in [-0.2, 0) is 0 Å². The van der Waals surface area contributed by atoms with Crippen LogP contribution in [0.25, 0.3) is 0 Å². The first-order valence-corrected chi connectivity index (χ1v) is 2.45. The Bertz CT molecular complexity index is 96.7. The van der Waals surface area contributed by atoms with Crippen LogP contribution in [0.5, 0.6) is 0 Å². The fraction of sp³-hybridized carbons (Fsp3) is 1.00. The summed E-state index contributed by atoms with van der Waals surface area (Å²) in [5.41, 5.74) is 0. The monoisotopic (exact) mass is 143 g/mol. The highest BCUT2D eigenvalue weighted by Crippen LogP contribution is 2.21. The Hall–Kier alpha value is -0.320. The zero-order chi connectivity index (χ0) is 7.02. The molecule has 0 amide bonds. The van der Waals surface area contributed by atoms with Crippen LogP contribution in [0, 0.1) is 0 Å². The maximum absolute atomic E-state index is 11.9. The van der Waals surface area contributed by atoms with E-state index in [9.17, 15) is 17.6 Å². The molecule has 0 radical (unpaired) electrons. The fourth-order valence-corrected chi connectivity index (χ4v) is 0.659. The topological polar surface area (TPSA) is 12.0 Å². The summed E-state index contributed by atoms with van der Waals surface area (Å²) >= 11 is 0. The van der Waals surface area contributed by atoms with E-state index in [-0.39, 0.29) is 0 Å². The summed E-state index contributed by atoms with van der Waals surface area (Å²) in [5.74, 6) is 0. The highest BCUT2D eigenvalue weighted by molar-refractivity contribution is 4.88.